The fourth-order valence-corrected chi connectivity index (χ4v) is 3.95. The summed E-state index contributed by atoms with van der Waals surface area (Å²) in [5.74, 6) is -0.350. The monoisotopic (exact) mass is 382 g/mol. The molecule has 1 N–H and O–H groups in total. The van der Waals surface area contributed by atoms with Gasteiger partial charge in [0.15, 0.2) is 0 Å². The first-order valence-electron chi connectivity index (χ1n) is 7.17. The number of rotatable bonds is 4. The number of benzene rings is 1. The van der Waals surface area contributed by atoms with Gasteiger partial charge in [-0.2, -0.15) is 0 Å². The summed E-state index contributed by atoms with van der Waals surface area (Å²) in [6.07, 6.45) is 2.01. The zero-order valence-electron chi connectivity index (χ0n) is 11.9. The predicted octanol–water partition coefficient (Wildman–Crippen LogP) is 4.43. The van der Waals surface area contributed by atoms with E-state index in [1.165, 1.54) is 10.9 Å². The third kappa shape index (κ3) is 3.33. The van der Waals surface area contributed by atoms with Crippen molar-refractivity contribution in [2.75, 3.05) is 18.4 Å². The van der Waals surface area contributed by atoms with E-state index < -0.39 is 0 Å². The molecule has 116 valence electrons. The zero-order chi connectivity index (χ0) is 15.5. The van der Waals surface area contributed by atoms with E-state index in [9.17, 15) is 9.18 Å². The van der Waals surface area contributed by atoms with Crippen LogP contribution in [-0.4, -0.2) is 23.9 Å². The van der Waals surface area contributed by atoms with Crippen LogP contribution in [0.4, 0.5) is 10.1 Å². The summed E-state index contributed by atoms with van der Waals surface area (Å²) in [5, 5.41) is 4.93. The highest BCUT2D eigenvalue weighted by Gasteiger charge is 2.30. The SMILES string of the molecule is O=C(CNc1ccc(Br)cc1F)N1CCCC1c1cccs1. The highest BCUT2D eigenvalue weighted by atomic mass is 79.9. The molecule has 1 aliphatic heterocycles. The van der Waals surface area contributed by atoms with Gasteiger partial charge in [-0.05, 0) is 42.5 Å². The summed E-state index contributed by atoms with van der Waals surface area (Å²) >= 11 is 4.90. The molecule has 1 aromatic carbocycles. The first-order valence-corrected chi connectivity index (χ1v) is 8.84. The minimum Gasteiger partial charge on any atom is -0.374 e. The number of carbonyl (C=O) groups is 1. The maximum Gasteiger partial charge on any atom is 0.242 e. The summed E-state index contributed by atoms with van der Waals surface area (Å²) in [5.41, 5.74) is 0.350. The second-order valence-corrected chi connectivity index (χ2v) is 7.13. The predicted molar refractivity (Wildman–Crippen MR) is 90.6 cm³/mol. The van der Waals surface area contributed by atoms with E-state index in [2.05, 4.69) is 27.3 Å². The van der Waals surface area contributed by atoms with Gasteiger partial charge in [-0.1, -0.05) is 22.0 Å². The van der Waals surface area contributed by atoms with Crippen LogP contribution in [-0.2, 0) is 4.79 Å². The highest BCUT2D eigenvalue weighted by Crippen LogP contribution is 2.34. The number of thiophene rings is 1. The number of amides is 1. The number of hydrogen-bond donors (Lipinski definition) is 1. The summed E-state index contributed by atoms with van der Waals surface area (Å²) in [6, 6.07) is 9.02. The minimum absolute atomic E-state index is 0.0122. The Kier molecular flexibility index (Phi) is 4.78. The van der Waals surface area contributed by atoms with Crippen molar-refractivity contribution in [1.82, 2.24) is 4.90 Å². The van der Waals surface area contributed by atoms with Crippen LogP contribution in [0.5, 0.6) is 0 Å². The molecule has 0 spiro atoms. The van der Waals surface area contributed by atoms with Gasteiger partial charge in [-0.15, -0.1) is 11.3 Å². The van der Waals surface area contributed by atoms with Gasteiger partial charge >= 0.3 is 0 Å². The van der Waals surface area contributed by atoms with Gasteiger partial charge in [-0.3, -0.25) is 4.79 Å². The Hall–Kier alpha value is -1.40. The van der Waals surface area contributed by atoms with E-state index in [1.54, 1.807) is 23.5 Å². The van der Waals surface area contributed by atoms with Crippen LogP contribution in [0.15, 0.2) is 40.2 Å². The van der Waals surface area contributed by atoms with Crippen molar-refractivity contribution in [3.63, 3.8) is 0 Å². The second-order valence-electron chi connectivity index (χ2n) is 5.24. The van der Waals surface area contributed by atoms with Crippen molar-refractivity contribution in [1.29, 1.82) is 0 Å². The molecule has 1 aliphatic rings. The lowest BCUT2D eigenvalue weighted by molar-refractivity contribution is -0.130. The molecule has 1 fully saturated rings. The molecule has 0 saturated carbocycles. The molecule has 0 radical (unpaired) electrons. The molecule has 6 heteroatoms. The van der Waals surface area contributed by atoms with Crippen molar-refractivity contribution in [3.8, 4) is 0 Å². The fourth-order valence-electron chi connectivity index (χ4n) is 2.75. The average Bonchev–Trinajstić information content (AvgIpc) is 3.16. The quantitative estimate of drug-likeness (QED) is 0.848. The first-order chi connectivity index (χ1) is 10.6. The summed E-state index contributed by atoms with van der Waals surface area (Å²) in [6.45, 7) is 0.881. The van der Waals surface area contributed by atoms with Crippen molar-refractivity contribution in [3.05, 3.63) is 50.9 Å². The Balaban J connectivity index is 1.64. The van der Waals surface area contributed by atoms with E-state index >= 15 is 0 Å². The summed E-state index contributed by atoms with van der Waals surface area (Å²) in [4.78, 5) is 15.6. The lowest BCUT2D eigenvalue weighted by atomic mass is 10.2. The van der Waals surface area contributed by atoms with Crippen molar-refractivity contribution < 1.29 is 9.18 Å². The number of halogens is 2. The van der Waals surface area contributed by atoms with Crippen LogP contribution >= 0.6 is 27.3 Å². The number of likely N-dealkylation sites (tertiary alicyclic amines) is 1. The maximum atomic E-state index is 13.8. The van der Waals surface area contributed by atoms with Crippen LogP contribution in [0.2, 0.25) is 0 Å². The Labute approximate surface area is 141 Å². The Morgan fingerprint density at radius 2 is 2.32 bits per heavy atom. The Bertz CT molecular complexity index is 662. The summed E-state index contributed by atoms with van der Waals surface area (Å²) in [7, 11) is 0. The molecular weight excluding hydrogens is 367 g/mol. The molecule has 2 aromatic rings. The van der Waals surface area contributed by atoms with Gasteiger partial charge < -0.3 is 10.2 Å². The van der Waals surface area contributed by atoms with Gasteiger partial charge in [0.1, 0.15) is 5.82 Å². The van der Waals surface area contributed by atoms with Crippen LogP contribution in [0.1, 0.15) is 23.8 Å². The van der Waals surface area contributed by atoms with E-state index in [4.69, 9.17) is 0 Å². The van der Waals surface area contributed by atoms with Crippen LogP contribution in [0.3, 0.4) is 0 Å². The van der Waals surface area contributed by atoms with E-state index in [0.717, 1.165) is 19.4 Å². The van der Waals surface area contributed by atoms with E-state index in [-0.39, 0.29) is 24.3 Å². The molecule has 3 rings (SSSR count). The molecule has 0 bridgehead atoms. The Morgan fingerprint density at radius 3 is 3.05 bits per heavy atom. The van der Waals surface area contributed by atoms with Crippen molar-refractivity contribution in [2.24, 2.45) is 0 Å². The normalized spacial score (nSPS) is 17.7. The molecule has 3 nitrogen and oxygen atoms in total. The van der Waals surface area contributed by atoms with Crippen LogP contribution in [0.25, 0.3) is 0 Å². The molecule has 1 atom stereocenters. The van der Waals surface area contributed by atoms with Gasteiger partial charge in [0.2, 0.25) is 5.91 Å². The van der Waals surface area contributed by atoms with Crippen molar-refractivity contribution >= 4 is 38.9 Å². The number of hydrogen-bond acceptors (Lipinski definition) is 3. The number of carbonyl (C=O) groups excluding carboxylic acids is 1. The zero-order valence-corrected chi connectivity index (χ0v) is 14.3. The van der Waals surface area contributed by atoms with E-state index in [0.29, 0.717) is 10.2 Å². The largest absolute Gasteiger partial charge is 0.374 e. The molecule has 1 aromatic heterocycles. The standard InChI is InChI=1S/C16H16BrFN2OS/c17-11-5-6-13(12(18)9-11)19-10-16(21)20-7-1-3-14(20)15-4-2-8-22-15/h2,4-6,8-9,14,19H,1,3,7,10H2. The van der Waals surface area contributed by atoms with Gasteiger partial charge in [0, 0.05) is 15.9 Å². The number of anilines is 1. The lowest BCUT2D eigenvalue weighted by Crippen LogP contribution is -2.34. The second kappa shape index (κ2) is 6.79. The Morgan fingerprint density at radius 1 is 1.45 bits per heavy atom. The molecular formula is C16H16BrFN2OS. The highest BCUT2D eigenvalue weighted by molar-refractivity contribution is 9.10. The number of nitrogens with zero attached hydrogens (tertiary/aromatic N) is 1. The molecule has 0 aliphatic carbocycles. The molecule has 1 saturated heterocycles. The minimum atomic E-state index is -0.363. The molecule has 1 unspecified atom stereocenters. The smallest absolute Gasteiger partial charge is 0.242 e. The number of nitrogens with one attached hydrogen (secondary N) is 1. The van der Waals surface area contributed by atoms with Gasteiger partial charge in [0.25, 0.3) is 0 Å². The molecule has 22 heavy (non-hydrogen) atoms. The maximum absolute atomic E-state index is 13.8. The third-order valence-electron chi connectivity index (χ3n) is 3.81. The molecule has 1 amide bonds. The van der Waals surface area contributed by atoms with Gasteiger partial charge in [-0.25, -0.2) is 4.39 Å². The van der Waals surface area contributed by atoms with E-state index in [1.807, 2.05) is 16.3 Å². The van der Waals surface area contributed by atoms with Crippen LogP contribution in [0, 0.1) is 5.82 Å². The third-order valence-corrected chi connectivity index (χ3v) is 5.27. The van der Waals surface area contributed by atoms with Gasteiger partial charge in [0.05, 0.1) is 18.3 Å². The lowest BCUT2D eigenvalue weighted by Gasteiger charge is -2.24. The topological polar surface area (TPSA) is 32.3 Å². The summed E-state index contributed by atoms with van der Waals surface area (Å²) < 4.78 is 14.4. The fraction of sp³-hybridized carbons (Fsp3) is 0.312. The average molecular weight is 383 g/mol. The van der Waals surface area contributed by atoms with Crippen molar-refractivity contribution in [2.45, 2.75) is 18.9 Å². The first kappa shape index (κ1) is 15.5. The molecule has 2 heterocycles. The van der Waals surface area contributed by atoms with Crippen LogP contribution < -0.4 is 5.32 Å².